The molecule has 2 fully saturated rings. The number of hydrogen-bond acceptors (Lipinski definition) is 7. The van der Waals surface area contributed by atoms with Crippen molar-refractivity contribution in [1.82, 2.24) is 29.4 Å². The van der Waals surface area contributed by atoms with Gasteiger partial charge in [-0.2, -0.15) is 10.2 Å². The van der Waals surface area contributed by atoms with Crippen LogP contribution in [0.15, 0.2) is 36.7 Å². The highest BCUT2D eigenvalue weighted by molar-refractivity contribution is 5.72. The molecule has 0 aromatic carbocycles. The van der Waals surface area contributed by atoms with Crippen LogP contribution in [0.25, 0.3) is 16.8 Å². The second-order valence-corrected chi connectivity index (χ2v) is 8.63. The van der Waals surface area contributed by atoms with Gasteiger partial charge in [-0.05, 0) is 38.8 Å². The number of fused-ring (bicyclic) bond motifs is 3. The van der Waals surface area contributed by atoms with Crippen LogP contribution < -0.4 is 10.1 Å². The molecule has 6 heterocycles. The molecule has 1 N–H and O–H groups in total. The zero-order valence-electron chi connectivity index (χ0n) is 18.3. The minimum atomic E-state index is 0.103. The van der Waals surface area contributed by atoms with Gasteiger partial charge in [0.15, 0.2) is 11.6 Å². The smallest absolute Gasteiger partial charge is 0.165 e. The van der Waals surface area contributed by atoms with E-state index in [1.54, 1.807) is 6.20 Å². The highest BCUT2D eigenvalue weighted by Crippen LogP contribution is 2.39. The number of hydrogen-bond donors (Lipinski definition) is 1. The Balaban J connectivity index is 1.29. The molecule has 0 unspecified atom stereocenters. The summed E-state index contributed by atoms with van der Waals surface area (Å²) in [5, 5.41) is 12.4. The monoisotopic (exact) mass is 431 g/mol. The Kier molecular flexibility index (Phi) is 4.39. The van der Waals surface area contributed by atoms with Crippen LogP contribution in [0.1, 0.15) is 30.8 Å². The SMILES string of the molecule is Cc1cc(Nc2cc3cc(-c4c(O[C@H]5C[C@H]6CC[C@@H]5O6)cnn4C)ccn3n2)nc(C)n1. The van der Waals surface area contributed by atoms with Crippen molar-refractivity contribution >= 4 is 17.2 Å². The second-order valence-electron chi connectivity index (χ2n) is 8.63. The Morgan fingerprint density at radius 2 is 2.03 bits per heavy atom. The van der Waals surface area contributed by atoms with Gasteiger partial charge < -0.3 is 14.8 Å². The summed E-state index contributed by atoms with van der Waals surface area (Å²) in [6.45, 7) is 3.83. The number of aromatic nitrogens is 6. The fraction of sp³-hybridized carbons (Fsp3) is 0.391. The summed E-state index contributed by atoms with van der Waals surface area (Å²) in [5.41, 5.74) is 3.85. The molecule has 2 saturated heterocycles. The summed E-state index contributed by atoms with van der Waals surface area (Å²) < 4.78 is 16.0. The number of aryl methyl sites for hydroxylation is 3. The normalized spacial score (nSPS) is 22.0. The zero-order chi connectivity index (χ0) is 21.8. The largest absolute Gasteiger partial charge is 0.484 e. The fourth-order valence-electron chi connectivity index (χ4n) is 4.83. The highest BCUT2D eigenvalue weighted by atomic mass is 16.6. The van der Waals surface area contributed by atoms with Gasteiger partial charge in [0.05, 0.1) is 23.9 Å². The van der Waals surface area contributed by atoms with E-state index in [0.29, 0.717) is 6.10 Å². The van der Waals surface area contributed by atoms with Crippen molar-refractivity contribution in [1.29, 1.82) is 0 Å². The lowest BCUT2D eigenvalue weighted by Gasteiger charge is -2.20. The number of nitrogens with zero attached hydrogens (tertiary/aromatic N) is 6. The van der Waals surface area contributed by atoms with E-state index >= 15 is 0 Å². The van der Waals surface area contributed by atoms with Crippen molar-refractivity contribution in [2.24, 2.45) is 7.05 Å². The summed E-state index contributed by atoms with van der Waals surface area (Å²) in [7, 11) is 1.94. The van der Waals surface area contributed by atoms with Gasteiger partial charge in [-0.25, -0.2) is 14.5 Å². The quantitative estimate of drug-likeness (QED) is 0.516. The Labute approximate surface area is 185 Å². The second kappa shape index (κ2) is 7.30. The molecule has 164 valence electrons. The van der Waals surface area contributed by atoms with E-state index in [-0.39, 0.29) is 12.2 Å². The third kappa shape index (κ3) is 3.38. The number of nitrogens with one attached hydrogen (secondary N) is 1. The summed E-state index contributed by atoms with van der Waals surface area (Å²) in [6.07, 6.45) is 7.58. The molecule has 9 heteroatoms. The molecule has 9 nitrogen and oxygen atoms in total. The summed E-state index contributed by atoms with van der Waals surface area (Å²) in [6, 6.07) is 8.03. The first-order valence-electron chi connectivity index (χ1n) is 10.9. The van der Waals surface area contributed by atoms with Crippen molar-refractivity contribution in [3.8, 4) is 17.0 Å². The van der Waals surface area contributed by atoms with Gasteiger partial charge in [-0.1, -0.05) is 0 Å². The molecule has 2 aliphatic rings. The molecular weight excluding hydrogens is 406 g/mol. The minimum absolute atomic E-state index is 0.103. The van der Waals surface area contributed by atoms with Crippen molar-refractivity contribution in [2.45, 2.75) is 51.4 Å². The molecule has 0 radical (unpaired) electrons. The lowest BCUT2D eigenvalue weighted by molar-refractivity contribution is 0.0642. The lowest BCUT2D eigenvalue weighted by atomic mass is 9.98. The maximum Gasteiger partial charge on any atom is 0.165 e. The van der Waals surface area contributed by atoms with E-state index in [1.807, 2.05) is 54.5 Å². The Morgan fingerprint density at radius 3 is 2.81 bits per heavy atom. The maximum absolute atomic E-state index is 6.38. The molecular formula is C23H25N7O2. The third-order valence-electron chi connectivity index (χ3n) is 6.19. The van der Waals surface area contributed by atoms with E-state index in [9.17, 15) is 0 Å². The van der Waals surface area contributed by atoms with Crippen LogP contribution in [-0.4, -0.2) is 47.7 Å². The summed E-state index contributed by atoms with van der Waals surface area (Å²) >= 11 is 0. The fourth-order valence-corrected chi connectivity index (χ4v) is 4.83. The van der Waals surface area contributed by atoms with Crippen molar-refractivity contribution in [3.05, 3.63) is 48.2 Å². The van der Waals surface area contributed by atoms with E-state index in [2.05, 4.69) is 31.5 Å². The van der Waals surface area contributed by atoms with Gasteiger partial charge >= 0.3 is 0 Å². The number of anilines is 2. The summed E-state index contributed by atoms with van der Waals surface area (Å²) in [4.78, 5) is 8.76. The van der Waals surface area contributed by atoms with E-state index < -0.39 is 0 Å². The molecule has 3 atom stereocenters. The Morgan fingerprint density at radius 1 is 1.12 bits per heavy atom. The molecule has 32 heavy (non-hydrogen) atoms. The highest BCUT2D eigenvalue weighted by Gasteiger charge is 2.42. The van der Waals surface area contributed by atoms with Gasteiger partial charge in [0.1, 0.15) is 23.4 Å². The van der Waals surface area contributed by atoms with Crippen LogP contribution in [0.4, 0.5) is 11.6 Å². The summed E-state index contributed by atoms with van der Waals surface area (Å²) in [5.74, 6) is 2.97. The predicted molar refractivity (Wildman–Crippen MR) is 119 cm³/mol. The first kappa shape index (κ1) is 19.2. The van der Waals surface area contributed by atoms with Crippen LogP contribution >= 0.6 is 0 Å². The Hall–Kier alpha value is -3.46. The van der Waals surface area contributed by atoms with Crippen LogP contribution in [0.5, 0.6) is 5.75 Å². The van der Waals surface area contributed by atoms with Gasteiger partial charge in [-0.15, -0.1) is 0 Å². The maximum atomic E-state index is 6.38. The molecule has 4 aromatic rings. The van der Waals surface area contributed by atoms with Crippen molar-refractivity contribution < 1.29 is 9.47 Å². The number of pyridine rings is 1. The third-order valence-corrected chi connectivity index (χ3v) is 6.19. The van der Waals surface area contributed by atoms with Gasteiger partial charge in [0.2, 0.25) is 0 Å². The van der Waals surface area contributed by atoms with E-state index in [0.717, 1.165) is 64.9 Å². The molecule has 2 aliphatic heterocycles. The molecule has 2 bridgehead atoms. The Bertz CT molecular complexity index is 1290. The van der Waals surface area contributed by atoms with E-state index in [4.69, 9.17) is 9.47 Å². The predicted octanol–water partition coefficient (Wildman–Crippen LogP) is 3.58. The zero-order valence-corrected chi connectivity index (χ0v) is 18.3. The lowest BCUT2D eigenvalue weighted by Crippen LogP contribution is -2.28. The first-order chi connectivity index (χ1) is 15.5. The number of ether oxygens (including phenoxy) is 2. The molecule has 0 saturated carbocycles. The van der Waals surface area contributed by atoms with Crippen molar-refractivity contribution in [3.63, 3.8) is 0 Å². The number of rotatable bonds is 5. The molecule has 6 rings (SSSR count). The van der Waals surface area contributed by atoms with Gasteiger partial charge in [0.25, 0.3) is 0 Å². The van der Waals surface area contributed by atoms with Crippen LogP contribution in [0.2, 0.25) is 0 Å². The van der Waals surface area contributed by atoms with Crippen LogP contribution in [-0.2, 0) is 11.8 Å². The minimum Gasteiger partial charge on any atom is -0.484 e. The average molecular weight is 432 g/mol. The van der Waals surface area contributed by atoms with Crippen LogP contribution in [0, 0.1) is 13.8 Å². The topological polar surface area (TPSA) is 91.4 Å². The average Bonchev–Trinajstić information content (AvgIpc) is 3.51. The first-order valence-corrected chi connectivity index (χ1v) is 10.9. The van der Waals surface area contributed by atoms with Gasteiger partial charge in [0, 0.05) is 43.1 Å². The molecule has 4 aromatic heterocycles. The molecule has 0 aliphatic carbocycles. The van der Waals surface area contributed by atoms with Crippen molar-refractivity contribution in [2.75, 3.05) is 5.32 Å². The van der Waals surface area contributed by atoms with Gasteiger partial charge in [-0.3, -0.25) is 4.68 Å². The molecule has 0 spiro atoms. The molecule has 0 amide bonds. The van der Waals surface area contributed by atoms with Crippen LogP contribution in [0.3, 0.4) is 0 Å². The standard InChI is InChI=1S/C23H25N7O2/c1-13-8-21(26-14(2)25-13)27-22-10-16-9-15(6-7-30(16)28-22)23-20(12-24-29(23)3)32-19-11-17-4-5-18(19)31-17/h6-10,12,17-19H,4-5,11H2,1-3H3,(H,25,26,27,28)/t17-,18+,19+/m1/s1. The van der Waals surface area contributed by atoms with E-state index in [1.165, 1.54) is 0 Å².